The molecule has 1 atom stereocenters. The van der Waals surface area contributed by atoms with Gasteiger partial charge in [-0.05, 0) is 30.0 Å². The Hall–Kier alpha value is -2.14. The van der Waals surface area contributed by atoms with Crippen LogP contribution < -0.4 is 5.32 Å². The van der Waals surface area contributed by atoms with Crippen LogP contribution in [-0.2, 0) is 14.6 Å². The van der Waals surface area contributed by atoms with Crippen molar-refractivity contribution in [3.63, 3.8) is 0 Å². The Morgan fingerprint density at radius 3 is 2.21 bits per heavy atom. The lowest BCUT2D eigenvalue weighted by atomic mass is 9.98. The first-order valence-corrected chi connectivity index (χ1v) is 9.74. The number of nitrogens with one attached hydrogen (secondary N) is 1. The molecule has 0 bridgehead atoms. The van der Waals surface area contributed by atoms with Crippen molar-refractivity contribution >= 4 is 15.7 Å². The molecular formula is C19H23NO3S. The lowest BCUT2D eigenvalue weighted by molar-refractivity contribution is -0.120. The largest absolute Gasteiger partial charge is 0.356 e. The van der Waals surface area contributed by atoms with Gasteiger partial charge in [0.1, 0.15) is 0 Å². The van der Waals surface area contributed by atoms with Crippen LogP contribution in [-0.4, -0.2) is 26.6 Å². The molecule has 2 aromatic carbocycles. The summed E-state index contributed by atoms with van der Waals surface area (Å²) in [5, 5.41) is 2.80. The summed E-state index contributed by atoms with van der Waals surface area (Å²) in [4.78, 5) is 12.1. The van der Waals surface area contributed by atoms with Gasteiger partial charge in [0, 0.05) is 13.0 Å². The van der Waals surface area contributed by atoms with Crippen LogP contribution in [0.15, 0.2) is 65.6 Å². The van der Waals surface area contributed by atoms with Gasteiger partial charge in [-0.2, -0.15) is 0 Å². The van der Waals surface area contributed by atoms with Gasteiger partial charge in [-0.15, -0.1) is 0 Å². The zero-order valence-corrected chi connectivity index (χ0v) is 14.6. The maximum Gasteiger partial charge on any atom is 0.221 e. The van der Waals surface area contributed by atoms with Crippen molar-refractivity contribution in [2.24, 2.45) is 0 Å². The first-order valence-electron chi connectivity index (χ1n) is 8.08. The van der Waals surface area contributed by atoms with Gasteiger partial charge >= 0.3 is 0 Å². The first kappa shape index (κ1) is 18.2. The van der Waals surface area contributed by atoms with E-state index in [0.29, 0.717) is 12.5 Å². The average molecular weight is 345 g/mol. The molecule has 0 spiro atoms. The zero-order chi connectivity index (χ0) is 17.4. The molecule has 0 saturated carbocycles. The minimum Gasteiger partial charge on any atom is -0.356 e. The second-order valence-corrected chi connectivity index (χ2v) is 7.94. The van der Waals surface area contributed by atoms with Crippen molar-refractivity contribution in [3.8, 4) is 0 Å². The van der Waals surface area contributed by atoms with Gasteiger partial charge in [0.15, 0.2) is 9.84 Å². The molecule has 0 radical (unpaired) electrons. The number of rotatable bonds is 8. The van der Waals surface area contributed by atoms with E-state index in [1.54, 1.807) is 30.3 Å². The van der Waals surface area contributed by atoms with E-state index in [1.807, 2.05) is 18.2 Å². The van der Waals surface area contributed by atoms with E-state index >= 15 is 0 Å². The molecule has 0 aliphatic heterocycles. The molecule has 0 fully saturated rings. The maximum atomic E-state index is 12.1. The van der Waals surface area contributed by atoms with E-state index in [-0.39, 0.29) is 23.0 Å². The van der Waals surface area contributed by atoms with Crippen LogP contribution in [0.4, 0.5) is 0 Å². The fraction of sp³-hybridized carbons (Fsp3) is 0.316. The highest BCUT2D eigenvalue weighted by atomic mass is 32.2. The van der Waals surface area contributed by atoms with Crippen molar-refractivity contribution in [1.82, 2.24) is 5.32 Å². The Bertz CT molecular complexity index is 743. The van der Waals surface area contributed by atoms with Crippen LogP contribution >= 0.6 is 0 Å². The second-order valence-electron chi connectivity index (χ2n) is 5.83. The fourth-order valence-corrected chi connectivity index (χ4v) is 3.70. The molecule has 128 valence electrons. The maximum absolute atomic E-state index is 12.1. The molecule has 1 amide bonds. The molecule has 1 N–H and O–H groups in total. The summed E-state index contributed by atoms with van der Waals surface area (Å²) in [6.07, 6.45) is 0.804. The van der Waals surface area contributed by atoms with Crippen LogP contribution in [0.25, 0.3) is 0 Å². The van der Waals surface area contributed by atoms with Crippen molar-refractivity contribution in [1.29, 1.82) is 0 Å². The van der Waals surface area contributed by atoms with Gasteiger partial charge in [0.25, 0.3) is 0 Å². The third kappa shape index (κ3) is 5.49. The van der Waals surface area contributed by atoms with E-state index in [2.05, 4.69) is 24.4 Å². The second kappa shape index (κ2) is 8.64. The summed E-state index contributed by atoms with van der Waals surface area (Å²) in [6, 6.07) is 18.3. The third-order valence-electron chi connectivity index (χ3n) is 3.97. The number of hydrogen-bond donors (Lipinski definition) is 1. The van der Waals surface area contributed by atoms with E-state index < -0.39 is 9.84 Å². The summed E-state index contributed by atoms with van der Waals surface area (Å²) in [5.74, 6) is -0.0498. The van der Waals surface area contributed by atoms with E-state index in [4.69, 9.17) is 0 Å². The van der Waals surface area contributed by atoms with Crippen LogP contribution in [0.1, 0.15) is 31.2 Å². The number of carbonyl (C=O) groups excluding carboxylic acids is 1. The van der Waals surface area contributed by atoms with Crippen molar-refractivity contribution < 1.29 is 13.2 Å². The summed E-state index contributed by atoms with van der Waals surface area (Å²) in [5.41, 5.74) is 1.23. The highest BCUT2D eigenvalue weighted by Gasteiger charge is 2.16. The molecule has 2 rings (SSSR count). The highest BCUT2D eigenvalue weighted by Crippen LogP contribution is 2.17. The number of benzene rings is 2. The first-order chi connectivity index (χ1) is 11.5. The minimum absolute atomic E-state index is 0.0169. The summed E-state index contributed by atoms with van der Waals surface area (Å²) >= 11 is 0. The molecule has 0 aliphatic carbocycles. The van der Waals surface area contributed by atoms with Crippen molar-refractivity contribution in [3.05, 3.63) is 66.2 Å². The van der Waals surface area contributed by atoms with Crippen LogP contribution in [0.3, 0.4) is 0 Å². The summed E-state index contributed by atoms with van der Waals surface area (Å²) < 4.78 is 24.2. The number of hydrogen-bond acceptors (Lipinski definition) is 3. The Labute approximate surface area is 143 Å². The van der Waals surface area contributed by atoms with Crippen molar-refractivity contribution in [2.45, 2.75) is 30.6 Å². The predicted octanol–water partition coefficient (Wildman–Crippen LogP) is 3.16. The monoisotopic (exact) mass is 345 g/mol. The molecule has 0 heterocycles. The number of carbonyl (C=O) groups is 1. The normalized spacial score (nSPS) is 12.5. The Morgan fingerprint density at radius 1 is 1.00 bits per heavy atom. The molecule has 24 heavy (non-hydrogen) atoms. The SMILES string of the molecule is CC(CCNC(=O)CCS(=O)(=O)c1ccccc1)c1ccccc1. The number of sulfone groups is 1. The summed E-state index contributed by atoms with van der Waals surface area (Å²) in [6.45, 7) is 2.65. The van der Waals surface area contributed by atoms with E-state index in [0.717, 1.165) is 6.42 Å². The van der Waals surface area contributed by atoms with Gasteiger partial charge in [-0.3, -0.25) is 4.79 Å². The molecule has 0 saturated heterocycles. The molecule has 1 unspecified atom stereocenters. The fourth-order valence-electron chi connectivity index (χ4n) is 2.44. The van der Waals surface area contributed by atoms with Crippen LogP contribution in [0.2, 0.25) is 0 Å². The van der Waals surface area contributed by atoms with Gasteiger partial charge < -0.3 is 5.32 Å². The van der Waals surface area contributed by atoms with Crippen LogP contribution in [0, 0.1) is 0 Å². The topological polar surface area (TPSA) is 63.2 Å². The molecule has 5 heteroatoms. The molecule has 0 aliphatic rings. The smallest absolute Gasteiger partial charge is 0.221 e. The van der Waals surface area contributed by atoms with Gasteiger partial charge in [0.2, 0.25) is 5.91 Å². The molecule has 0 aromatic heterocycles. The third-order valence-corrected chi connectivity index (χ3v) is 5.70. The summed E-state index contributed by atoms with van der Waals surface area (Å²) in [7, 11) is -3.40. The lowest BCUT2D eigenvalue weighted by Crippen LogP contribution is -2.27. The quantitative estimate of drug-likeness (QED) is 0.799. The standard InChI is InChI=1S/C19H23NO3S/c1-16(17-8-4-2-5-9-17)12-14-20-19(21)13-15-24(22,23)18-10-6-3-7-11-18/h2-11,16H,12-15H2,1H3,(H,20,21). The molecule has 2 aromatic rings. The van der Waals surface area contributed by atoms with Crippen LogP contribution in [0.5, 0.6) is 0 Å². The zero-order valence-electron chi connectivity index (χ0n) is 13.8. The number of amides is 1. The minimum atomic E-state index is -3.40. The van der Waals surface area contributed by atoms with Gasteiger partial charge in [-0.25, -0.2) is 8.42 Å². The molecule has 4 nitrogen and oxygen atoms in total. The van der Waals surface area contributed by atoms with Crippen molar-refractivity contribution in [2.75, 3.05) is 12.3 Å². The van der Waals surface area contributed by atoms with E-state index in [1.165, 1.54) is 5.56 Å². The molecular weight excluding hydrogens is 322 g/mol. The Kier molecular flexibility index (Phi) is 6.55. The van der Waals surface area contributed by atoms with Gasteiger partial charge in [-0.1, -0.05) is 55.5 Å². The Balaban J connectivity index is 1.74. The lowest BCUT2D eigenvalue weighted by Gasteiger charge is -2.12. The highest BCUT2D eigenvalue weighted by molar-refractivity contribution is 7.91. The van der Waals surface area contributed by atoms with Gasteiger partial charge in [0.05, 0.1) is 10.6 Å². The predicted molar refractivity (Wildman–Crippen MR) is 95.6 cm³/mol. The average Bonchev–Trinajstić information content (AvgIpc) is 2.61. The Morgan fingerprint density at radius 2 is 1.58 bits per heavy atom. The van der Waals surface area contributed by atoms with E-state index in [9.17, 15) is 13.2 Å².